The molecule has 0 aliphatic heterocycles. The number of hydrogen-bond donors (Lipinski definition) is 0. The van der Waals surface area contributed by atoms with Crippen molar-refractivity contribution in [3.63, 3.8) is 0 Å². The number of aromatic nitrogens is 3. The van der Waals surface area contributed by atoms with Crippen LogP contribution < -0.4 is 4.74 Å². The van der Waals surface area contributed by atoms with Crippen LogP contribution in [0.4, 0.5) is 0 Å². The molecule has 2 aromatic heterocycles. The molecule has 3 aromatic rings. The highest BCUT2D eigenvalue weighted by atomic mass is 16.5. The summed E-state index contributed by atoms with van der Waals surface area (Å²) in [6.07, 6.45) is 1.35. The Hall–Kier alpha value is -2.63. The summed E-state index contributed by atoms with van der Waals surface area (Å²) in [5.74, 6) is 1.93. The van der Waals surface area contributed by atoms with Crippen molar-refractivity contribution in [3.8, 4) is 17.4 Å². The Balaban J connectivity index is 1.65. The van der Waals surface area contributed by atoms with Gasteiger partial charge in [0.05, 0.1) is 5.69 Å². The molecular formula is C17H19N3O3. The second-order valence-corrected chi connectivity index (χ2v) is 6.33. The van der Waals surface area contributed by atoms with Crippen molar-refractivity contribution < 1.29 is 13.6 Å². The smallest absolute Gasteiger partial charge is 0.285 e. The summed E-state index contributed by atoms with van der Waals surface area (Å²) >= 11 is 0. The van der Waals surface area contributed by atoms with Crippen LogP contribution in [-0.4, -0.2) is 15.2 Å². The Morgan fingerprint density at radius 1 is 1.09 bits per heavy atom. The maximum Gasteiger partial charge on any atom is 0.285 e. The summed E-state index contributed by atoms with van der Waals surface area (Å²) in [6.45, 7) is 8.54. The Labute approximate surface area is 134 Å². The average Bonchev–Trinajstić information content (AvgIpc) is 3.13. The van der Waals surface area contributed by atoms with Gasteiger partial charge in [-0.05, 0) is 30.0 Å². The van der Waals surface area contributed by atoms with Crippen LogP contribution in [0.1, 0.15) is 37.9 Å². The fraction of sp³-hybridized carbons (Fsp3) is 0.353. The Bertz CT molecular complexity index is 782. The SMILES string of the molecule is Cc1ncoc1-c1nnc(COc2ccc(C(C)(C)C)cc2)o1. The van der Waals surface area contributed by atoms with Crippen molar-refractivity contribution in [1.82, 2.24) is 15.2 Å². The third-order valence-corrected chi connectivity index (χ3v) is 3.49. The van der Waals surface area contributed by atoms with Gasteiger partial charge in [-0.3, -0.25) is 0 Å². The van der Waals surface area contributed by atoms with E-state index in [0.29, 0.717) is 23.2 Å². The molecule has 0 fully saturated rings. The summed E-state index contributed by atoms with van der Waals surface area (Å²) in [5, 5.41) is 7.90. The first-order chi connectivity index (χ1) is 10.9. The first kappa shape index (κ1) is 15.3. The molecule has 23 heavy (non-hydrogen) atoms. The zero-order valence-corrected chi connectivity index (χ0v) is 13.7. The number of aryl methyl sites for hydroxylation is 1. The fourth-order valence-corrected chi connectivity index (χ4v) is 2.11. The van der Waals surface area contributed by atoms with Crippen molar-refractivity contribution in [3.05, 3.63) is 47.8 Å². The van der Waals surface area contributed by atoms with Crippen LogP contribution in [0.15, 0.2) is 39.5 Å². The topological polar surface area (TPSA) is 74.2 Å². The summed E-state index contributed by atoms with van der Waals surface area (Å²) < 4.78 is 16.4. The monoisotopic (exact) mass is 313 g/mol. The maximum absolute atomic E-state index is 5.68. The van der Waals surface area contributed by atoms with Gasteiger partial charge in [-0.15, -0.1) is 10.2 Å². The van der Waals surface area contributed by atoms with Crippen LogP contribution in [-0.2, 0) is 12.0 Å². The number of benzene rings is 1. The molecule has 0 amide bonds. The molecule has 0 atom stereocenters. The molecule has 0 saturated heterocycles. The molecule has 0 unspecified atom stereocenters. The van der Waals surface area contributed by atoms with Gasteiger partial charge < -0.3 is 13.6 Å². The lowest BCUT2D eigenvalue weighted by Crippen LogP contribution is -2.10. The van der Waals surface area contributed by atoms with Gasteiger partial charge in [0.2, 0.25) is 5.76 Å². The van der Waals surface area contributed by atoms with E-state index in [1.165, 1.54) is 12.0 Å². The van der Waals surface area contributed by atoms with Crippen LogP contribution in [0.25, 0.3) is 11.7 Å². The largest absolute Gasteiger partial charge is 0.484 e. The third kappa shape index (κ3) is 3.41. The second kappa shape index (κ2) is 5.87. The molecule has 0 bridgehead atoms. The van der Waals surface area contributed by atoms with Crippen LogP contribution in [0.3, 0.4) is 0 Å². The van der Waals surface area contributed by atoms with Gasteiger partial charge in [-0.2, -0.15) is 0 Å². The predicted octanol–water partition coefficient (Wildman–Crippen LogP) is 3.91. The van der Waals surface area contributed by atoms with E-state index in [9.17, 15) is 0 Å². The molecule has 0 aliphatic rings. The number of nitrogens with zero attached hydrogens (tertiary/aromatic N) is 3. The highest BCUT2D eigenvalue weighted by molar-refractivity contribution is 5.46. The number of hydrogen-bond acceptors (Lipinski definition) is 6. The molecule has 3 rings (SSSR count). The zero-order valence-electron chi connectivity index (χ0n) is 13.7. The van der Waals surface area contributed by atoms with E-state index >= 15 is 0 Å². The summed E-state index contributed by atoms with van der Waals surface area (Å²) in [6, 6.07) is 8.01. The molecule has 0 spiro atoms. The lowest BCUT2D eigenvalue weighted by Gasteiger charge is -2.19. The van der Waals surface area contributed by atoms with E-state index < -0.39 is 0 Å². The molecule has 0 N–H and O–H groups in total. The fourth-order valence-electron chi connectivity index (χ4n) is 2.11. The Morgan fingerprint density at radius 2 is 1.83 bits per heavy atom. The molecular weight excluding hydrogens is 294 g/mol. The highest BCUT2D eigenvalue weighted by Crippen LogP contribution is 2.25. The van der Waals surface area contributed by atoms with Gasteiger partial charge in [0.25, 0.3) is 11.8 Å². The van der Waals surface area contributed by atoms with E-state index in [-0.39, 0.29) is 12.0 Å². The Morgan fingerprint density at radius 3 is 2.43 bits per heavy atom. The maximum atomic E-state index is 5.68. The van der Waals surface area contributed by atoms with Gasteiger partial charge in [0.15, 0.2) is 13.0 Å². The molecule has 2 heterocycles. The second-order valence-electron chi connectivity index (χ2n) is 6.33. The summed E-state index contributed by atoms with van der Waals surface area (Å²) in [4.78, 5) is 4.00. The lowest BCUT2D eigenvalue weighted by molar-refractivity contribution is 0.263. The normalized spacial score (nSPS) is 11.7. The van der Waals surface area contributed by atoms with Crippen molar-refractivity contribution in [2.24, 2.45) is 0 Å². The molecule has 6 heteroatoms. The first-order valence-corrected chi connectivity index (χ1v) is 7.39. The van der Waals surface area contributed by atoms with E-state index in [0.717, 1.165) is 5.75 Å². The van der Waals surface area contributed by atoms with Gasteiger partial charge in [-0.25, -0.2) is 4.98 Å². The van der Waals surface area contributed by atoms with Crippen LogP contribution in [0, 0.1) is 6.92 Å². The first-order valence-electron chi connectivity index (χ1n) is 7.39. The van der Waals surface area contributed by atoms with Crippen molar-refractivity contribution in [2.75, 3.05) is 0 Å². The van der Waals surface area contributed by atoms with Crippen molar-refractivity contribution >= 4 is 0 Å². The molecule has 0 saturated carbocycles. The van der Waals surface area contributed by atoms with Crippen LogP contribution in [0.5, 0.6) is 5.75 Å². The van der Waals surface area contributed by atoms with Gasteiger partial charge in [0, 0.05) is 0 Å². The van der Waals surface area contributed by atoms with Gasteiger partial charge in [0.1, 0.15) is 5.75 Å². The van der Waals surface area contributed by atoms with Crippen LogP contribution in [0.2, 0.25) is 0 Å². The number of ether oxygens (including phenoxy) is 1. The van der Waals surface area contributed by atoms with Crippen molar-refractivity contribution in [1.29, 1.82) is 0 Å². The molecule has 0 aliphatic carbocycles. The van der Waals surface area contributed by atoms with E-state index in [1.54, 1.807) is 0 Å². The zero-order chi connectivity index (χ0) is 16.4. The quantitative estimate of drug-likeness (QED) is 0.727. The number of oxazole rings is 1. The average molecular weight is 313 g/mol. The van der Waals surface area contributed by atoms with Gasteiger partial charge >= 0.3 is 0 Å². The third-order valence-electron chi connectivity index (χ3n) is 3.49. The lowest BCUT2D eigenvalue weighted by atomic mass is 9.87. The van der Waals surface area contributed by atoms with E-state index in [2.05, 4.69) is 48.1 Å². The summed E-state index contributed by atoms with van der Waals surface area (Å²) in [7, 11) is 0. The van der Waals surface area contributed by atoms with E-state index in [1.807, 2.05) is 19.1 Å². The van der Waals surface area contributed by atoms with Crippen LogP contribution >= 0.6 is 0 Å². The molecule has 1 aromatic carbocycles. The van der Waals surface area contributed by atoms with Gasteiger partial charge in [-0.1, -0.05) is 32.9 Å². The van der Waals surface area contributed by atoms with E-state index in [4.69, 9.17) is 13.6 Å². The highest BCUT2D eigenvalue weighted by Gasteiger charge is 2.16. The van der Waals surface area contributed by atoms with Crippen molar-refractivity contribution in [2.45, 2.75) is 39.7 Å². The molecule has 0 radical (unpaired) electrons. The minimum Gasteiger partial charge on any atom is -0.484 e. The molecule has 120 valence electrons. The standard InChI is InChI=1S/C17H19N3O3/c1-11-15(22-10-18-11)16-20-19-14(23-16)9-21-13-7-5-12(6-8-13)17(2,3)4/h5-8,10H,9H2,1-4H3. The Kier molecular flexibility index (Phi) is 3.90. The minimum absolute atomic E-state index is 0.120. The molecule has 6 nitrogen and oxygen atoms in total. The number of rotatable bonds is 4. The minimum atomic E-state index is 0.120. The summed E-state index contributed by atoms with van der Waals surface area (Å²) in [5.41, 5.74) is 2.08. The predicted molar refractivity (Wildman–Crippen MR) is 84.0 cm³/mol.